The molecule has 8 nitrogen and oxygen atoms in total. The minimum absolute atomic E-state index is 0.0128. The van der Waals surface area contributed by atoms with Crippen molar-refractivity contribution in [3.05, 3.63) is 58.1 Å². The average Bonchev–Trinajstić information content (AvgIpc) is 2.86. The van der Waals surface area contributed by atoms with Crippen molar-refractivity contribution in [2.24, 2.45) is 5.92 Å². The Morgan fingerprint density at radius 1 is 1.03 bits per heavy atom. The van der Waals surface area contributed by atoms with Crippen LogP contribution in [0.4, 0.5) is 5.69 Å². The van der Waals surface area contributed by atoms with E-state index in [9.17, 15) is 18.0 Å². The number of hydrogen-bond donors (Lipinski definition) is 1. The summed E-state index contributed by atoms with van der Waals surface area (Å²) < 4.78 is 32.2. The van der Waals surface area contributed by atoms with E-state index >= 15 is 0 Å². The topological polar surface area (TPSA) is 96.0 Å². The van der Waals surface area contributed by atoms with E-state index in [1.807, 2.05) is 27.7 Å². The van der Waals surface area contributed by atoms with Crippen LogP contribution < -0.4 is 14.4 Å². The van der Waals surface area contributed by atoms with Gasteiger partial charge in [-0.05, 0) is 49.9 Å². The van der Waals surface area contributed by atoms with Crippen molar-refractivity contribution in [3.8, 4) is 5.75 Å². The van der Waals surface area contributed by atoms with Gasteiger partial charge in [-0.3, -0.25) is 13.9 Å². The highest BCUT2D eigenvalue weighted by molar-refractivity contribution is 7.92. The van der Waals surface area contributed by atoms with Crippen LogP contribution in [0, 0.1) is 5.92 Å². The first kappa shape index (κ1) is 32.7. The first-order valence-electron chi connectivity index (χ1n) is 13.1. The van der Waals surface area contributed by atoms with Gasteiger partial charge in [0.2, 0.25) is 21.8 Å². The summed E-state index contributed by atoms with van der Waals surface area (Å²) in [4.78, 5) is 28.2. The minimum atomic E-state index is -3.66. The molecule has 39 heavy (non-hydrogen) atoms. The van der Waals surface area contributed by atoms with Crippen LogP contribution in [0.1, 0.15) is 52.5 Å². The van der Waals surface area contributed by atoms with Crippen LogP contribution in [0.5, 0.6) is 5.75 Å². The molecule has 0 saturated carbocycles. The summed E-state index contributed by atoms with van der Waals surface area (Å²) >= 11 is 12.8. The Balaban J connectivity index is 2.30. The zero-order valence-corrected chi connectivity index (χ0v) is 25.6. The molecule has 2 aromatic rings. The van der Waals surface area contributed by atoms with Gasteiger partial charge in [0.15, 0.2) is 0 Å². The molecule has 0 fully saturated rings. The maximum Gasteiger partial charge on any atom is 0.242 e. The van der Waals surface area contributed by atoms with Gasteiger partial charge >= 0.3 is 0 Å². The maximum atomic E-state index is 13.6. The Morgan fingerprint density at radius 2 is 1.67 bits per heavy atom. The van der Waals surface area contributed by atoms with E-state index in [1.165, 1.54) is 9.21 Å². The molecule has 0 bridgehead atoms. The number of nitrogens with zero attached hydrogens (tertiary/aromatic N) is 2. The summed E-state index contributed by atoms with van der Waals surface area (Å²) in [5, 5.41) is 3.71. The van der Waals surface area contributed by atoms with Crippen molar-refractivity contribution in [2.45, 2.75) is 59.5 Å². The molecule has 2 aromatic carbocycles. The number of nitrogens with one attached hydrogen (secondary N) is 1. The maximum absolute atomic E-state index is 13.6. The smallest absolute Gasteiger partial charge is 0.242 e. The second-order valence-corrected chi connectivity index (χ2v) is 12.3. The van der Waals surface area contributed by atoms with Crippen LogP contribution in [0.2, 0.25) is 10.0 Å². The summed E-state index contributed by atoms with van der Waals surface area (Å²) in [5.74, 6) is 0.130. The molecule has 2 rings (SSSR count). The van der Waals surface area contributed by atoms with Gasteiger partial charge in [0.25, 0.3) is 0 Å². The molecule has 1 N–H and O–H groups in total. The number of halogens is 2. The Morgan fingerprint density at radius 3 is 2.23 bits per heavy atom. The third kappa shape index (κ3) is 9.58. The number of carbonyl (C=O) groups excluding carboxylic acids is 2. The average molecular weight is 601 g/mol. The van der Waals surface area contributed by atoms with E-state index in [0.29, 0.717) is 46.6 Å². The molecule has 0 aliphatic heterocycles. The van der Waals surface area contributed by atoms with Gasteiger partial charge in [0.1, 0.15) is 11.8 Å². The quantitative estimate of drug-likeness (QED) is 0.291. The van der Waals surface area contributed by atoms with E-state index in [0.717, 1.165) is 6.26 Å². The van der Waals surface area contributed by atoms with Crippen LogP contribution in [-0.4, -0.2) is 57.1 Å². The van der Waals surface area contributed by atoms with Gasteiger partial charge in [-0.1, -0.05) is 62.2 Å². The van der Waals surface area contributed by atoms with Crippen LogP contribution in [0.15, 0.2) is 42.5 Å². The Bertz CT molecular complexity index is 1200. The number of hydrogen-bond acceptors (Lipinski definition) is 5. The summed E-state index contributed by atoms with van der Waals surface area (Å²) in [7, 11) is -3.66. The SMILES string of the molecule is CCOc1ccccc1N(CCCC(=O)N(Cc1c(Cl)cccc1Cl)[C@@H](CC)C(=O)NCC(C)C)S(C)(=O)=O. The van der Waals surface area contributed by atoms with Crippen molar-refractivity contribution in [1.29, 1.82) is 0 Å². The van der Waals surface area contributed by atoms with Gasteiger partial charge in [-0.15, -0.1) is 0 Å². The molecule has 0 aliphatic carbocycles. The number of benzene rings is 2. The Labute approximate surface area is 242 Å². The van der Waals surface area contributed by atoms with E-state index < -0.39 is 16.1 Å². The van der Waals surface area contributed by atoms with Crippen LogP contribution in [-0.2, 0) is 26.2 Å². The third-order valence-electron chi connectivity index (χ3n) is 6.05. The summed E-state index contributed by atoms with van der Waals surface area (Å²) in [6.07, 6.45) is 1.74. The first-order chi connectivity index (χ1) is 18.4. The zero-order valence-electron chi connectivity index (χ0n) is 23.2. The van der Waals surface area contributed by atoms with Crippen molar-refractivity contribution >= 4 is 50.7 Å². The molecular weight excluding hydrogens is 561 g/mol. The fourth-order valence-corrected chi connectivity index (χ4v) is 5.60. The van der Waals surface area contributed by atoms with Crippen molar-refractivity contribution in [2.75, 3.05) is 30.3 Å². The Hall–Kier alpha value is -2.49. The molecule has 0 aliphatic rings. The van der Waals surface area contributed by atoms with Gasteiger partial charge < -0.3 is 15.0 Å². The van der Waals surface area contributed by atoms with Crippen molar-refractivity contribution in [3.63, 3.8) is 0 Å². The molecule has 11 heteroatoms. The largest absolute Gasteiger partial charge is 0.492 e. The molecule has 0 saturated heterocycles. The normalized spacial score (nSPS) is 12.2. The lowest BCUT2D eigenvalue weighted by molar-refractivity contribution is -0.141. The van der Waals surface area contributed by atoms with Crippen molar-refractivity contribution in [1.82, 2.24) is 10.2 Å². The van der Waals surface area contributed by atoms with E-state index in [4.69, 9.17) is 27.9 Å². The number of para-hydroxylation sites is 2. The molecule has 0 aromatic heterocycles. The fourth-order valence-electron chi connectivity index (χ4n) is 4.12. The molecule has 2 amide bonds. The molecule has 0 radical (unpaired) electrons. The van der Waals surface area contributed by atoms with E-state index in [2.05, 4.69) is 5.32 Å². The number of rotatable bonds is 15. The molecule has 1 atom stereocenters. The fraction of sp³-hybridized carbons (Fsp3) is 0.500. The summed E-state index contributed by atoms with van der Waals surface area (Å²) in [6, 6.07) is 11.2. The lowest BCUT2D eigenvalue weighted by Crippen LogP contribution is -2.49. The number of sulfonamides is 1. The highest BCUT2D eigenvalue weighted by atomic mass is 35.5. The second kappa shape index (κ2) is 15.3. The second-order valence-electron chi connectivity index (χ2n) is 9.62. The molecule has 0 unspecified atom stereocenters. The third-order valence-corrected chi connectivity index (χ3v) is 7.93. The number of carbonyl (C=O) groups is 2. The minimum Gasteiger partial charge on any atom is -0.492 e. The van der Waals surface area contributed by atoms with Crippen LogP contribution >= 0.6 is 23.2 Å². The van der Waals surface area contributed by atoms with Crippen molar-refractivity contribution < 1.29 is 22.7 Å². The highest BCUT2D eigenvalue weighted by Crippen LogP contribution is 2.31. The molecule has 0 spiro atoms. The monoisotopic (exact) mass is 599 g/mol. The van der Waals surface area contributed by atoms with Crippen LogP contribution in [0.3, 0.4) is 0 Å². The molecular formula is C28H39Cl2N3O5S. The van der Waals surface area contributed by atoms with E-state index in [-0.39, 0.29) is 43.7 Å². The van der Waals surface area contributed by atoms with Crippen LogP contribution in [0.25, 0.3) is 0 Å². The number of amides is 2. The van der Waals surface area contributed by atoms with Gasteiger partial charge in [0.05, 0.1) is 18.6 Å². The Kier molecular flexibility index (Phi) is 12.9. The van der Waals surface area contributed by atoms with Gasteiger partial charge in [-0.2, -0.15) is 0 Å². The van der Waals surface area contributed by atoms with Gasteiger partial charge in [-0.25, -0.2) is 8.42 Å². The molecule has 0 heterocycles. The first-order valence-corrected chi connectivity index (χ1v) is 15.7. The van der Waals surface area contributed by atoms with E-state index in [1.54, 1.807) is 42.5 Å². The lowest BCUT2D eigenvalue weighted by Gasteiger charge is -2.32. The molecule has 216 valence electrons. The standard InChI is InChI=1S/C28H39Cl2N3O5S/c1-6-24(28(35)31-18-20(3)4)32(19-21-22(29)12-10-13-23(21)30)27(34)16-11-17-33(39(5,36)37)25-14-8-9-15-26(25)38-7-2/h8-10,12-15,20,24H,6-7,11,16-19H2,1-5H3,(H,31,35)/t24-/m0/s1. The number of anilines is 1. The predicted octanol–water partition coefficient (Wildman–Crippen LogP) is 5.52. The predicted molar refractivity (Wildman–Crippen MR) is 158 cm³/mol. The van der Waals surface area contributed by atoms with Gasteiger partial charge in [0, 0.05) is 41.7 Å². The summed E-state index contributed by atoms with van der Waals surface area (Å²) in [6.45, 7) is 8.61. The summed E-state index contributed by atoms with van der Waals surface area (Å²) in [5.41, 5.74) is 0.959. The highest BCUT2D eigenvalue weighted by Gasteiger charge is 2.30. The lowest BCUT2D eigenvalue weighted by atomic mass is 10.1. The number of ether oxygens (including phenoxy) is 1. The zero-order chi connectivity index (χ0) is 29.2.